The first-order valence-corrected chi connectivity index (χ1v) is 8.80. The quantitative estimate of drug-likeness (QED) is 0.549. The van der Waals surface area contributed by atoms with Crippen LogP contribution in [-0.2, 0) is 22.7 Å². The summed E-state index contributed by atoms with van der Waals surface area (Å²) in [5.74, 6) is -1.94. The van der Waals surface area contributed by atoms with Crippen molar-refractivity contribution in [1.29, 1.82) is 0 Å². The van der Waals surface area contributed by atoms with Gasteiger partial charge in [-0.3, -0.25) is 0 Å². The van der Waals surface area contributed by atoms with Gasteiger partial charge in [-0.2, -0.15) is 0 Å². The molecule has 28 heavy (non-hydrogen) atoms. The molecule has 7 heteroatoms. The second kappa shape index (κ2) is 10.3. The number of halogens is 1. The number of nitrogens with one attached hydrogen (secondary N) is 1. The van der Waals surface area contributed by atoms with E-state index in [0.717, 1.165) is 23.6 Å². The van der Waals surface area contributed by atoms with Crippen LogP contribution in [0.5, 0.6) is 0 Å². The Balaban J connectivity index is 0.000000409. The summed E-state index contributed by atoms with van der Waals surface area (Å²) in [5, 5.41) is 18.9. The second-order valence-corrected chi connectivity index (χ2v) is 6.35. The van der Waals surface area contributed by atoms with E-state index in [0.29, 0.717) is 11.6 Å². The molecule has 0 aliphatic heterocycles. The molecule has 6 nitrogen and oxygen atoms in total. The summed E-state index contributed by atoms with van der Waals surface area (Å²) in [6, 6.07) is 20.2. The van der Waals surface area contributed by atoms with Crippen LogP contribution in [0.4, 0.5) is 0 Å². The molecular formula is C21H20ClNO5. The molecule has 146 valence electrons. The van der Waals surface area contributed by atoms with Gasteiger partial charge in [0.1, 0.15) is 11.5 Å². The Kier molecular flexibility index (Phi) is 7.80. The Labute approximate surface area is 167 Å². The lowest BCUT2D eigenvalue weighted by molar-refractivity contribution is -0.159. The lowest BCUT2D eigenvalue weighted by Gasteiger charge is -2.04. The predicted molar refractivity (Wildman–Crippen MR) is 106 cm³/mol. The highest BCUT2D eigenvalue weighted by Crippen LogP contribution is 2.28. The predicted octanol–water partition coefficient (Wildman–Crippen LogP) is 4.35. The minimum atomic E-state index is -1.82. The minimum absolute atomic E-state index is 0.693. The van der Waals surface area contributed by atoms with Crippen molar-refractivity contribution >= 4 is 23.5 Å². The minimum Gasteiger partial charge on any atom is -0.473 e. The standard InChI is InChI=1S/C19H18ClNO.C2H2O4/c1-14-6-8-15(9-7-14)12-21-13-16-10-11-19(22-16)17-4-2-3-5-18(17)20;3-1(4)2(5)6/h2-11,21H,12-13H2,1H3;(H,3,4)(H,5,6). The van der Waals surface area contributed by atoms with E-state index >= 15 is 0 Å². The molecule has 0 bridgehead atoms. The molecule has 3 N–H and O–H groups in total. The summed E-state index contributed by atoms with van der Waals surface area (Å²) in [6.07, 6.45) is 0. The maximum atomic E-state index is 9.10. The van der Waals surface area contributed by atoms with Crippen LogP contribution in [-0.4, -0.2) is 22.2 Å². The molecule has 0 radical (unpaired) electrons. The van der Waals surface area contributed by atoms with Crippen molar-refractivity contribution in [1.82, 2.24) is 5.32 Å². The number of hydrogen-bond donors (Lipinski definition) is 3. The number of hydrogen-bond acceptors (Lipinski definition) is 4. The highest BCUT2D eigenvalue weighted by Gasteiger charge is 2.07. The third-order valence-electron chi connectivity index (χ3n) is 3.73. The molecule has 0 fully saturated rings. The number of furan rings is 1. The molecule has 0 spiro atoms. The van der Waals surface area contributed by atoms with Crippen molar-refractivity contribution in [3.63, 3.8) is 0 Å². The van der Waals surface area contributed by atoms with E-state index in [2.05, 4.69) is 36.5 Å². The molecule has 3 aromatic rings. The summed E-state index contributed by atoms with van der Waals surface area (Å²) >= 11 is 6.19. The van der Waals surface area contributed by atoms with Gasteiger partial charge >= 0.3 is 11.9 Å². The molecule has 0 amide bonds. The maximum absolute atomic E-state index is 9.10. The topological polar surface area (TPSA) is 99.8 Å². The van der Waals surface area contributed by atoms with Crippen molar-refractivity contribution in [3.8, 4) is 11.3 Å². The fraction of sp³-hybridized carbons (Fsp3) is 0.143. The zero-order valence-corrected chi connectivity index (χ0v) is 15.9. The van der Waals surface area contributed by atoms with Gasteiger partial charge in [0, 0.05) is 12.1 Å². The van der Waals surface area contributed by atoms with Crippen LogP contribution >= 0.6 is 11.6 Å². The molecule has 0 atom stereocenters. The van der Waals surface area contributed by atoms with E-state index in [9.17, 15) is 0 Å². The third kappa shape index (κ3) is 6.57. The molecule has 0 aliphatic rings. The van der Waals surface area contributed by atoms with Gasteiger partial charge in [0.15, 0.2) is 0 Å². The number of aryl methyl sites for hydroxylation is 1. The van der Waals surface area contributed by atoms with Crippen LogP contribution in [0.1, 0.15) is 16.9 Å². The van der Waals surface area contributed by atoms with Crippen LogP contribution in [0.3, 0.4) is 0 Å². The van der Waals surface area contributed by atoms with E-state index in [1.807, 2.05) is 36.4 Å². The number of rotatable bonds is 5. The SMILES string of the molecule is Cc1ccc(CNCc2ccc(-c3ccccc3Cl)o2)cc1.O=C(O)C(=O)O. The van der Waals surface area contributed by atoms with Crippen molar-refractivity contribution in [2.24, 2.45) is 0 Å². The number of carboxylic acids is 2. The molecular weight excluding hydrogens is 382 g/mol. The Morgan fingerprint density at radius 3 is 2.18 bits per heavy atom. The molecule has 0 unspecified atom stereocenters. The van der Waals surface area contributed by atoms with Gasteiger partial charge in [0.05, 0.1) is 11.6 Å². The fourth-order valence-corrected chi connectivity index (χ4v) is 2.54. The fourth-order valence-electron chi connectivity index (χ4n) is 2.31. The number of benzene rings is 2. The average Bonchev–Trinajstić information content (AvgIpc) is 3.13. The molecule has 0 saturated carbocycles. The lowest BCUT2D eigenvalue weighted by atomic mass is 10.1. The van der Waals surface area contributed by atoms with Crippen molar-refractivity contribution < 1.29 is 24.2 Å². The van der Waals surface area contributed by atoms with Crippen LogP contribution in [0.15, 0.2) is 65.1 Å². The van der Waals surface area contributed by atoms with Crippen molar-refractivity contribution in [2.45, 2.75) is 20.0 Å². The van der Waals surface area contributed by atoms with E-state index < -0.39 is 11.9 Å². The monoisotopic (exact) mass is 401 g/mol. The molecule has 1 heterocycles. The van der Waals surface area contributed by atoms with Crippen LogP contribution in [0, 0.1) is 6.92 Å². The first-order chi connectivity index (χ1) is 13.4. The van der Waals surface area contributed by atoms with E-state index in [1.54, 1.807) is 0 Å². The Hall–Kier alpha value is -3.09. The van der Waals surface area contributed by atoms with Crippen LogP contribution in [0.25, 0.3) is 11.3 Å². The normalized spacial score (nSPS) is 10.1. The molecule has 2 aromatic carbocycles. The van der Waals surface area contributed by atoms with Gasteiger partial charge in [-0.15, -0.1) is 0 Å². The average molecular weight is 402 g/mol. The Bertz CT molecular complexity index is 922. The zero-order valence-electron chi connectivity index (χ0n) is 15.2. The van der Waals surface area contributed by atoms with E-state index in [1.165, 1.54) is 11.1 Å². The summed E-state index contributed by atoms with van der Waals surface area (Å²) in [4.78, 5) is 18.2. The van der Waals surface area contributed by atoms with E-state index in [4.69, 9.17) is 35.8 Å². The highest BCUT2D eigenvalue weighted by atomic mass is 35.5. The highest BCUT2D eigenvalue weighted by molar-refractivity contribution is 6.33. The Morgan fingerprint density at radius 2 is 1.57 bits per heavy atom. The van der Waals surface area contributed by atoms with Gasteiger partial charge in [0.2, 0.25) is 0 Å². The van der Waals surface area contributed by atoms with Gasteiger partial charge < -0.3 is 19.9 Å². The van der Waals surface area contributed by atoms with Crippen molar-refractivity contribution in [3.05, 3.63) is 82.6 Å². The largest absolute Gasteiger partial charge is 0.473 e. The number of carboxylic acid groups (broad SMARTS) is 2. The smallest absolute Gasteiger partial charge is 0.414 e. The molecule has 1 aromatic heterocycles. The summed E-state index contributed by atoms with van der Waals surface area (Å²) < 4.78 is 5.86. The van der Waals surface area contributed by atoms with Gasteiger partial charge in [0.25, 0.3) is 0 Å². The molecule has 3 rings (SSSR count). The third-order valence-corrected chi connectivity index (χ3v) is 4.06. The van der Waals surface area contributed by atoms with Gasteiger partial charge in [-0.25, -0.2) is 9.59 Å². The van der Waals surface area contributed by atoms with Crippen LogP contribution in [0.2, 0.25) is 5.02 Å². The molecule has 0 aliphatic carbocycles. The van der Waals surface area contributed by atoms with Crippen LogP contribution < -0.4 is 5.32 Å². The van der Waals surface area contributed by atoms with E-state index in [-0.39, 0.29) is 0 Å². The first kappa shape index (κ1) is 21.2. The lowest BCUT2D eigenvalue weighted by Crippen LogP contribution is -2.11. The number of aliphatic carboxylic acids is 2. The first-order valence-electron chi connectivity index (χ1n) is 8.43. The van der Waals surface area contributed by atoms with Gasteiger partial charge in [-0.1, -0.05) is 53.6 Å². The molecule has 0 saturated heterocycles. The zero-order chi connectivity index (χ0) is 20.5. The second-order valence-electron chi connectivity index (χ2n) is 5.95. The Morgan fingerprint density at radius 1 is 0.929 bits per heavy atom. The summed E-state index contributed by atoms with van der Waals surface area (Å²) in [5.41, 5.74) is 3.47. The van der Waals surface area contributed by atoms with Crippen molar-refractivity contribution in [2.75, 3.05) is 0 Å². The summed E-state index contributed by atoms with van der Waals surface area (Å²) in [7, 11) is 0. The maximum Gasteiger partial charge on any atom is 0.414 e. The van der Waals surface area contributed by atoms with Gasteiger partial charge in [-0.05, 0) is 36.8 Å². The number of carbonyl (C=O) groups is 2. The summed E-state index contributed by atoms with van der Waals surface area (Å²) in [6.45, 7) is 3.61.